The summed E-state index contributed by atoms with van der Waals surface area (Å²) < 4.78 is 1.50. The molecule has 0 amide bonds. The molecule has 0 bridgehead atoms. The monoisotopic (exact) mass is 124 g/mol. The molecule has 4 heavy (non-hydrogen) atoms. The molecule has 0 radical (unpaired) electrons. The Balaban J connectivity index is 0. The van der Waals surface area contributed by atoms with E-state index in [1.165, 1.54) is 4.50 Å². The van der Waals surface area contributed by atoms with E-state index >= 15 is 0 Å². The van der Waals surface area contributed by atoms with Crippen molar-refractivity contribution in [1.82, 2.24) is 4.50 Å². The van der Waals surface area contributed by atoms with E-state index in [2.05, 4.69) is 16.2 Å². The second kappa shape index (κ2) is 9.29. The predicted molar refractivity (Wildman–Crippen MR) is 12.2 cm³/mol. The minimum atomic E-state index is 0. The fraction of sp³-hybridized carbons (Fsp3) is 0. The Morgan fingerprint density at radius 2 is 1.75 bits per heavy atom. The summed E-state index contributed by atoms with van der Waals surface area (Å²) in [4.78, 5) is 0. The first-order chi connectivity index (χ1) is 1.41. The zero-order valence-electron chi connectivity index (χ0n) is 1.71. The van der Waals surface area contributed by atoms with Gasteiger partial charge in [0.25, 0.3) is 0 Å². The van der Waals surface area contributed by atoms with E-state index in [0.717, 1.165) is 0 Å². The Morgan fingerprint density at radius 3 is 1.75 bits per heavy atom. The van der Waals surface area contributed by atoms with Gasteiger partial charge in [-0.15, -0.1) is 12.4 Å². The SMILES string of the molecule is Cl.O[NH][Fe]. The predicted octanol–water partition coefficient (Wildman–Crippen LogP) is -0.151. The van der Waals surface area contributed by atoms with Crippen molar-refractivity contribution in [2.24, 2.45) is 0 Å². The van der Waals surface area contributed by atoms with Crippen molar-refractivity contribution < 1.29 is 21.4 Å². The fourth-order valence-electron chi connectivity index (χ4n) is 0. The first-order valence-electron chi connectivity index (χ1n) is 0.400. The van der Waals surface area contributed by atoms with Gasteiger partial charge in [-0.05, 0) is 0 Å². The van der Waals surface area contributed by atoms with Crippen LogP contribution in [0.3, 0.4) is 0 Å². The molecule has 0 aromatic heterocycles. The molecule has 0 spiro atoms. The summed E-state index contributed by atoms with van der Waals surface area (Å²) in [6.07, 6.45) is 0. The van der Waals surface area contributed by atoms with Gasteiger partial charge in [0, 0.05) is 0 Å². The molecule has 0 aliphatic carbocycles. The third-order valence-corrected chi connectivity index (χ3v) is 0. The second-order valence-corrected chi connectivity index (χ2v) is 0.326. The zero-order chi connectivity index (χ0) is 2.71. The first-order valence-corrected chi connectivity index (χ1v) is 0.952. The van der Waals surface area contributed by atoms with Crippen LogP contribution in [-0.4, -0.2) is 5.21 Å². The van der Waals surface area contributed by atoms with Crippen molar-refractivity contribution in [3.63, 3.8) is 0 Å². The summed E-state index contributed by atoms with van der Waals surface area (Å²) in [5.74, 6) is 0. The quantitative estimate of drug-likeness (QED) is 0.348. The van der Waals surface area contributed by atoms with Gasteiger partial charge in [0.15, 0.2) is 0 Å². The number of hydrogen-bond acceptors (Lipinski definition) is 2. The molecule has 0 heterocycles. The van der Waals surface area contributed by atoms with Crippen LogP contribution in [0.1, 0.15) is 0 Å². The molecule has 2 nitrogen and oxygen atoms in total. The molecule has 0 saturated heterocycles. The Hall–Kier alpha value is 0.729. The van der Waals surface area contributed by atoms with Gasteiger partial charge in [0.1, 0.15) is 0 Å². The molecule has 4 heteroatoms. The molecule has 0 fully saturated rings. The summed E-state index contributed by atoms with van der Waals surface area (Å²) in [5, 5.41) is 7.21. The van der Waals surface area contributed by atoms with E-state index in [-0.39, 0.29) is 12.4 Å². The molecule has 0 aliphatic heterocycles. The van der Waals surface area contributed by atoms with Crippen molar-refractivity contribution in [3.05, 3.63) is 0 Å². The van der Waals surface area contributed by atoms with E-state index in [1.54, 1.807) is 0 Å². The molecular weight excluding hydrogens is 121 g/mol. The molecule has 0 aromatic carbocycles. The van der Waals surface area contributed by atoms with E-state index in [4.69, 9.17) is 5.21 Å². The second-order valence-electron chi connectivity index (χ2n) is 0.0791. The van der Waals surface area contributed by atoms with Gasteiger partial charge in [-0.2, -0.15) is 0 Å². The summed E-state index contributed by atoms with van der Waals surface area (Å²) in [6, 6.07) is 0. The van der Waals surface area contributed by atoms with Gasteiger partial charge in [0.2, 0.25) is 0 Å². The van der Waals surface area contributed by atoms with Crippen LogP contribution >= 0.6 is 12.4 Å². The summed E-state index contributed by atoms with van der Waals surface area (Å²) in [6.45, 7) is 0. The Kier molecular flexibility index (Phi) is 20.5. The van der Waals surface area contributed by atoms with E-state index in [0.29, 0.717) is 0 Å². The Morgan fingerprint density at radius 1 is 1.75 bits per heavy atom. The van der Waals surface area contributed by atoms with Crippen LogP contribution in [0.25, 0.3) is 0 Å². The molecule has 29 valence electrons. The number of halogens is 1. The van der Waals surface area contributed by atoms with Gasteiger partial charge < -0.3 is 0 Å². The van der Waals surface area contributed by atoms with Crippen LogP contribution in [0.2, 0.25) is 0 Å². The number of nitrogens with one attached hydrogen (secondary N) is 1. The maximum atomic E-state index is 7.21. The first kappa shape index (κ1) is 8.83. The van der Waals surface area contributed by atoms with Crippen LogP contribution in [-0.2, 0) is 16.2 Å². The maximum absolute atomic E-state index is 7.21. The molecule has 0 aliphatic rings. The van der Waals surface area contributed by atoms with E-state index < -0.39 is 0 Å². The van der Waals surface area contributed by atoms with Crippen molar-refractivity contribution in [1.29, 1.82) is 0 Å². The topological polar surface area (TPSA) is 32.3 Å². The minimum absolute atomic E-state index is 0. The van der Waals surface area contributed by atoms with Crippen LogP contribution in [0.15, 0.2) is 0 Å². The third-order valence-electron chi connectivity index (χ3n) is 0. The normalized spacial score (nSPS) is 4.50. The van der Waals surface area contributed by atoms with Crippen LogP contribution in [0.4, 0.5) is 0 Å². The van der Waals surface area contributed by atoms with Gasteiger partial charge >= 0.3 is 25.9 Å². The Bertz CT molecular complexity index is 8.00. The third kappa shape index (κ3) is 15.3. The van der Waals surface area contributed by atoms with Crippen molar-refractivity contribution >= 4 is 12.4 Å². The Labute approximate surface area is 39.0 Å². The molecule has 0 saturated carbocycles. The summed E-state index contributed by atoms with van der Waals surface area (Å²) >= 11 is 2.79. The van der Waals surface area contributed by atoms with Crippen LogP contribution in [0.5, 0.6) is 0 Å². The molecule has 2 N–H and O–H groups in total. The number of rotatable bonds is 0. The van der Waals surface area contributed by atoms with E-state index in [9.17, 15) is 0 Å². The summed E-state index contributed by atoms with van der Waals surface area (Å²) in [5.41, 5.74) is 0. The van der Waals surface area contributed by atoms with E-state index in [1.807, 2.05) is 0 Å². The zero-order valence-corrected chi connectivity index (χ0v) is 3.63. The number of hydrogen-bond donors (Lipinski definition) is 2. The van der Waals surface area contributed by atoms with Crippen LogP contribution in [0, 0.1) is 0 Å². The average Bonchev–Trinajstić information content (AvgIpc) is 0.918. The molecule has 0 unspecified atom stereocenters. The van der Waals surface area contributed by atoms with Crippen molar-refractivity contribution in [2.75, 3.05) is 0 Å². The van der Waals surface area contributed by atoms with Gasteiger partial charge in [-0.1, -0.05) is 0 Å². The average molecular weight is 124 g/mol. The van der Waals surface area contributed by atoms with Gasteiger partial charge in [-0.25, -0.2) is 0 Å². The standard InChI is InChI=1S/ClH.Fe.H2NO/c;;1-2/h1H;;1-2H/q;+1;-1. The van der Waals surface area contributed by atoms with Gasteiger partial charge in [0.05, 0.1) is 0 Å². The van der Waals surface area contributed by atoms with Gasteiger partial charge in [-0.3, -0.25) is 0 Å². The molecule has 0 atom stereocenters. The molecular formula is H3ClFeNO. The molecule has 0 aromatic rings. The van der Waals surface area contributed by atoms with Crippen molar-refractivity contribution in [3.8, 4) is 0 Å². The summed E-state index contributed by atoms with van der Waals surface area (Å²) in [7, 11) is 0. The fourth-order valence-corrected chi connectivity index (χ4v) is 0. The molecule has 0 rings (SSSR count). The van der Waals surface area contributed by atoms with Crippen molar-refractivity contribution in [2.45, 2.75) is 0 Å². The van der Waals surface area contributed by atoms with Crippen LogP contribution < -0.4 is 4.50 Å².